The average molecular weight is 461 g/mol. The molecule has 0 aromatic heterocycles. The SMILES string of the molecule is CP(OCC(C)(C)C(=O)OCc1ccccc1)OCC(C)(C)C(=O)OCc1ccccc1. The van der Waals surface area contributed by atoms with Gasteiger partial charge in [0.2, 0.25) is 0 Å². The van der Waals surface area contributed by atoms with Crippen LogP contribution in [0.3, 0.4) is 0 Å². The molecule has 174 valence electrons. The highest BCUT2D eigenvalue weighted by Gasteiger charge is 2.33. The molecule has 7 heteroatoms. The number of carbonyl (C=O) groups is 2. The van der Waals surface area contributed by atoms with Crippen LogP contribution in [-0.4, -0.2) is 31.8 Å². The highest BCUT2D eigenvalue weighted by molar-refractivity contribution is 7.46. The maximum atomic E-state index is 12.4. The van der Waals surface area contributed by atoms with Crippen LogP contribution in [0, 0.1) is 10.8 Å². The number of benzene rings is 2. The van der Waals surface area contributed by atoms with Gasteiger partial charge in [-0.3, -0.25) is 9.59 Å². The van der Waals surface area contributed by atoms with Crippen LogP contribution in [0.4, 0.5) is 0 Å². The minimum absolute atomic E-state index is 0.154. The molecule has 0 radical (unpaired) electrons. The van der Waals surface area contributed by atoms with Crippen molar-refractivity contribution in [3.8, 4) is 0 Å². The summed E-state index contributed by atoms with van der Waals surface area (Å²) in [5.41, 5.74) is 0.220. The van der Waals surface area contributed by atoms with E-state index < -0.39 is 19.2 Å². The zero-order valence-electron chi connectivity index (χ0n) is 19.5. The third kappa shape index (κ3) is 8.70. The van der Waals surface area contributed by atoms with E-state index in [0.717, 1.165) is 11.1 Å². The summed E-state index contributed by atoms with van der Waals surface area (Å²) in [6, 6.07) is 19.1. The van der Waals surface area contributed by atoms with Gasteiger partial charge in [0.1, 0.15) is 13.2 Å². The molecule has 0 bridgehead atoms. The molecule has 0 atom stereocenters. The second-order valence-corrected chi connectivity index (χ2v) is 10.3. The molecule has 2 rings (SSSR count). The summed E-state index contributed by atoms with van der Waals surface area (Å²) in [4.78, 5) is 24.9. The molecule has 0 aliphatic carbocycles. The maximum absolute atomic E-state index is 12.4. The van der Waals surface area contributed by atoms with E-state index >= 15 is 0 Å². The maximum Gasteiger partial charge on any atom is 0.314 e. The van der Waals surface area contributed by atoms with Crippen LogP contribution in [0.5, 0.6) is 0 Å². The van der Waals surface area contributed by atoms with E-state index in [2.05, 4.69) is 0 Å². The summed E-state index contributed by atoms with van der Waals surface area (Å²) in [5.74, 6) is -0.677. The fourth-order valence-corrected chi connectivity index (χ4v) is 3.58. The van der Waals surface area contributed by atoms with Gasteiger partial charge < -0.3 is 18.5 Å². The number of esters is 2. The standard InChI is InChI=1S/C25H33O6P/c1-24(2,22(26)28-16-20-12-8-6-9-13-20)18-30-32(5)31-19-25(3,4)23(27)29-17-21-14-10-7-11-15-21/h6-15H,16-19H2,1-5H3. The quantitative estimate of drug-likeness (QED) is 0.308. The Morgan fingerprint density at radius 3 is 1.38 bits per heavy atom. The van der Waals surface area contributed by atoms with Gasteiger partial charge >= 0.3 is 11.9 Å². The van der Waals surface area contributed by atoms with E-state index in [1.165, 1.54) is 0 Å². The Balaban J connectivity index is 1.72. The second-order valence-electron chi connectivity index (χ2n) is 8.88. The summed E-state index contributed by atoms with van der Waals surface area (Å²) >= 11 is 0. The van der Waals surface area contributed by atoms with Crippen molar-refractivity contribution in [1.82, 2.24) is 0 Å². The van der Waals surface area contributed by atoms with E-state index in [1.807, 2.05) is 60.7 Å². The molecule has 2 aromatic carbocycles. The van der Waals surface area contributed by atoms with Crippen molar-refractivity contribution >= 4 is 20.3 Å². The first-order chi connectivity index (χ1) is 15.1. The highest BCUT2D eigenvalue weighted by Crippen LogP contribution is 2.38. The van der Waals surface area contributed by atoms with Gasteiger partial charge in [-0.1, -0.05) is 60.7 Å². The first-order valence-corrected chi connectivity index (χ1v) is 12.1. The Labute approximate surface area is 192 Å². The minimum Gasteiger partial charge on any atom is -0.460 e. The summed E-state index contributed by atoms with van der Waals surface area (Å²) < 4.78 is 22.4. The van der Waals surface area contributed by atoms with Crippen LogP contribution in [0.15, 0.2) is 60.7 Å². The fourth-order valence-electron chi connectivity index (χ4n) is 2.50. The molecule has 2 aromatic rings. The Bertz CT molecular complexity index is 780. The summed E-state index contributed by atoms with van der Waals surface area (Å²) in [6.45, 7) is 9.64. The first kappa shape index (κ1) is 26.0. The van der Waals surface area contributed by atoms with Crippen molar-refractivity contribution < 1.29 is 28.1 Å². The zero-order chi connectivity index (χ0) is 23.6. The monoisotopic (exact) mass is 460 g/mol. The van der Waals surface area contributed by atoms with Gasteiger partial charge in [-0.25, -0.2) is 0 Å². The number of ether oxygens (including phenoxy) is 2. The molecule has 0 saturated carbocycles. The van der Waals surface area contributed by atoms with Gasteiger partial charge in [-0.2, -0.15) is 0 Å². The Kier molecular flexibility index (Phi) is 9.83. The summed E-state index contributed by atoms with van der Waals surface area (Å²) in [6.07, 6.45) is 0. The van der Waals surface area contributed by atoms with Gasteiger partial charge in [-0.15, -0.1) is 0 Å². The lowest BCUT2D eigenvalue weighted by Crippen LogP contribution is -2.32. The van der Waals surface area contributed by atoms with E-state index in [-0.39, 0.29) is 38.4 Å². The predicted molar refractivity (Wildman–Crippen MR) is 125 cm³/mol. The molecule has 0 amide bonds. The van der Waals surface area contributed by atoms with Crippen LogP contribution < -0.4 is 0 Å². The number of carbonyl (C=O) groups excluding carboxylic acids is 2. The highest BCUT2D eigenvalue weighted by atomic mass is 31.2. The molecule has 0 fully saturated rings. The molecule has 0 heterocycles. The molecular weight excluding hydrogens is 427 g/mol. The lowest BCUT2D eigenvalue weighted by atomic mass is 9.95. The largest absolute Gasteiger partial charge is 0.460 e. The molecule has 0 aliphatic rings. The van der Waals surface area contributed by atoms with Gasteiger partial charge in [-0.05, 0) is 38.8 Å². The fraction of sp³-hybridized carbons (Fsp3) is 0.440. The smallest absolute Gasteiger partial charge is 0.314 e. The third-order valence-corrected chi connectivity index (χ3v) is 5.73. The third-order valence-electron chi connectivity index (χ3n) is 4.75. The van der Waals surface area contributed by atoms with Crippen LogP contribution in [0.1, 0.15) is 38.8 Å². The summed E-state index contributed by atoms with van der Waals surface area (Å²) in [7, 11) is -1.28. The van der Waals surface area contributed by atoms with Crippen molar-refractivity contribution in [2.24, 2.45) is 10.8 Å². The van der Waals surface area contributed by atoms with Crippen molar-refractivity contribution in [3.05, 3.63) is 71.8 Å². The topological polar surface area (TPSA) is 71.1 Å². The normalized spacial score (nSPS) is 11.9. The average Bonchev–Trinajstić information content (AvgIpc) is 2.79. The summed E-state index contributed by atoms with van der Waals surface area (Å²) in [5, 5.41) is 0. The molecule has 0 N–H and O–H groups in total. The van der Waals surface area contributed by atoms with Crippen molar-refractivity contribution in [1.29, 1.82) is 0 Å². The van der Waals surface area contributed by atoms with Crippen LogP contribution in [0.25, 0.3) is 0 Å². The van der Waals surface area contributed by atoms with Gasteiger partial charge in [0.25, 0.3) is 0 Å². The molecule has 6 nitrogen and oxygen atoms in total. The van der Waals surface area contributed by atoms with Gasteiger partial charge in [0, 0.05) is 6.66 Å². The second kappa shape index (κ2) is 12.1. The van der Waals surface area contributed by atoms with Gasteiger partial charge in [0.05, 0.1) is 24.0 Å². The first-order valence-electron chi connectivity index (χ1n) is 10.5. The van der Waals surface area contributed by atoms with Crippen molar-refractivity contribution in [2.75, 3.05) is 19.9 Å². The van der Waals surface area contributed by atoms with Gasteiger partial charge in [0.15, 0.2) is 8.38 Å². The van der Waals surface area contributed by atoms with E-state index in [9.17, 15) is 9.59 Å². The lowest BCUT2D eigenvalue weighted by Gasteiger charge is -2.27. The minimum atomic E-state index is -1.28. The number of rotatable bonds is 12. The molecule has 0 unspecified atom stereocenters. The van der Waals surface area contributed by atoms with Crippen molar-refractivity contribution in [3.63, 3.8) is 0 Å². The van der Waals surface area contributed by atoms with E-state index in [4.69, 9.17) is 18.5 Å². The predicted octanol–water partition coefficient (Wildman–Crippen LogP) is 5.50. The Hall–Kier alpha value is -2.27. The zero-order valence-corrected chi connectivity index (χ0v) is 20.4. The van der Waals surface area contributed by atoms with E-state index in [1.54, 1.807) is 34.4 Å². The number of hydrogen-bond acceptors (Lipinski definition) is 6. The molecule has 0 spiro atoms. The van der Waals surface area contributed by atoms with Crippen molar-refractivity contribution in [2.45, 2.75) is 40.9 Å². The van der Waals surface area contributed by atoms with Crippen LogP contribution >= 0.6 is 8.38 Å². The lowest BCUT2D eigenvalue weighted by molar-refractivity contribution is -0.157. The molecular formula is C25H33O6P. The van der Waals surface area contributed by atoms with E-state index in [0.29, 0.717) is 0 Å². The van der Waals surface area contributed by atoms with Crippen LogP contribution in [-0.2, 0) is 41.3 Å². The van der Waals surface area contributed by atoms with Crippen LogP contribution in [0.2, 0.25) is 0 Å². The Morgan fingerprint density at radius 2 is 1.03 bits per heavy atom. The molecule has 0 saturated heterocycles. The molecule has 0 aliphatic heterocycles. The molecule has 32 heavy (non-hydrogen) atoms. The number of hydrogen-bond donors (Lipinski definition) is 0. The Morgan fingerprint density at radius 1 is 0.688 bits per heavy atom.